The Labute approximate surface area is 195 Å². The smallest absolute Gasteiger partial charge is 0.251 e. The van der Waals surface area contributed by atoms with Gasteiger partial charge in [0.25, 0.3) is 5.56 Å². The van der Waals surface area contributed by atoms with Gasteiger partial charge in [-0.05, 0) is 55.6 Å². The first-order valence-electron chi connectivity index (χ1n) is 11.6. The average Bonchev–Trinajstić information content (AvgIpc) is 3.23. The predicted molar refractivity (Wildman–Crippen MR) is 125 cm³/mol. The Bertz CT molecular complexity index is 1260. The fourth-order valence-electron chi connectivity index (χ4n) is 5.29. The lowest BCUT2D eigenvalue weighted by molar-refractivity contribution is 0.184. The third-order valence-corrected chi connectivity index (χ3v) is 7.92. The zero-order chi connectivity index (χ0) is 22.4. The molecule has 6 rings (SSSR count). The first kappa shape index (κ1) is 21.1. The Hall–Kier alpha value is -2.49. The number of thioether (sulfide) groups is 1. The van der Waals surface area contributed by atoms with Crippen LogP contribution < -0.4 is 15.6 Å². The summed E-state index contributed by atoms with van der Waals surface area (Å²) in [6, 6.07) is 9.18. The molecule has 33 heavy (non-hydrogen) atoms. The Morgan fingerprint density at radius 2 is 2.03 bits per heavy atom. The van der Waals surface area contributed by atoms with Crippen LogP contribution in [-0.2, 0) is 13.1 Å². The summed E-state index contributed by atoms with van der Waals surface area (Å²) in [6.45, 7) is 4.63. The fourth-order valence-corrected chi connectivity index (χ4v) is 6.12. The van der Waals surface area contributed by atoms with Crippen molar-refractivity contribution >= 4 is 22.7 Å². The molecule has 3 aliphatic rings. The van der Waals surface area contributed by atoms with E-state index in [-0.39, 0.29) is 17.3 Å². The molecule has 0 bridgehead atoms. The lowest BCUT2D eigenvalue weighted by atomic mass is 9.97. The molecule has 1 unspecified atom stereocenters. The van der Waals surface area contributed by atoms with E-state index < -0.39 is 0 Å². The van der Waals surface area contributed by atoms with Crippen molar-refractivity contribution in [1.29, 1.82) is 0 Å². The van der Waals surface area contributed by atoms with Gasteiger partial charge in [-0.1, -0.05) is 0 Å². The van der Waals surface area contributed by atoms with Crippen molar-refractivity contribution in [3.63, 3.8) is 0 Å². The Morgan fingerprint density at radius 3 is 2.91 bits per heavy atom. The van der Waals surface area contributed by atoms with Crippen molar-refractivity contribution in [2.45, 2.75) is 42.8 Å². The summed E-state index contributed by atoms with van der Waals surface area (Å²) >= 11 is 1.77. The molecule has 1 saturated heterocycles. The number of ether oxygens (including phenoxy) is 1. The predicted octanol–water partition coefficient (Wildman–Crippen LogP) is 2.77. The molecule has 0 spiro atoms. The van der Waals surface area contributed by atoms with Crippen LogP contribution in [0, 0.1) is 5.82 Å². The number of hydrogen-bond acceptors (Lipinski definition) is 7. The number of likely N-dealkylation sites (tertiary alicyclic amines) is 1. The molecule has 172 valence electrons. The molecule has 9 heteroatoms. The van der Waals surface area contributed by atoms with Crippen molar-refractivity contribution in [2.75, 3.05) is 32.0 Å². The van der Waals surface area contributed by atoms with Gasteiger partial charge in [-0.3, -0.25) is 4.79 Å². The Morgan fingerprint density at radius 1 is 1.18 bits per heavy atom. The normalized spacial score (nSPS) is 20.7. The highest BCUT2D eigenvalue weighted by Crippen LogP contribution is 2.35. The van der Waals surface area contributed by atoms with E-state index in [9.17, 15) is 9.18 Å². The second-order valence-corrected chi connectivity index (χ2v) is 10.2. The highest BCUT2D eigenvalue weighted by atomic mass is 32.2. The number of piperidine rings is 1. The molecule has 1 fully saturated rings. The number of halogens is 1. The fraction of sp³-hybridized carbons (Fsp3) is 0.458. The van der Waals surface area contributed by atoms with Crippen LogP contribution in [-0.4, -0.2) is 57.7 Å². The van der Waals surface area contributed by atoms with E-state index in [1.54, 1.807) is 34.5 Å². The van der Waals surface area contributed by atoms with Crippen molar-refractivity contribution in [2.24, 2.45) is 0 Å². The molecule has 0 amide bonds. The molecule has 2 aromatic heterocycles. The van der Waals surface area contributed by atoms with E-state index in [0.29, 0.717) is 37.2 Å². The van der Waals surface area contributed by atoms with Gasteiger partial charge in [-0.2, -0.15) is 5.10 Å². The maximum absolute atomic E-state index is 14.8. The van der Waals surface area contributed by atoms with Crippen LogP contribution in [0.4, 0.5) is 4.39 Å². The van der Waals surface area contributed by atoms with Gasteiger partial charge in [0.1, 0.15) is 5.82 Å². The molecule has 0 saturated carbocycles. The van der Waals surface area contributed by atoms with E-state index in [1.807, 2.05) is 0 Å². The minimum absolute atomic E-state index is 0.0128. The molecule has 5 heterocycles. The molecule has 0 aliphatic carbocycles. The largest absolute Gasteiger partial charge is 0.475 e. The highest BCUT2D eigenvalue weighted by Gasteiger charge is 2.31. The van der Waals surface area contributed by atoms with Gasteiger partial charge < -0.3 is 19.5 Å². The summed E-state index contributed by atoms with van der Waals surface area (Å²) in [5.74, 6) is 1.41. The number of rotatable bonds is 5. The second kappa shape index (κ2) is 8.70. The van der Waals surface area contributed by atoms with Crippen molar-refractivity contribution in [3.05, 3.63) is 57.8 Å². The first-order valence-corrected chi connectivity index (χ1v) is 12.5. The van der Waals surface area contributed by atoms with Crippen LogP contribution in [0.1, 0.15) is 30.0 Å². The molecular weight excluding hydrogens is 441 g/mol. The zero-order valence-corrected chi connectivity index (χ0v) is 19.1. The van der Waals surface area contributed by atoms with Crippen LogP contribution in [0.5, 0.6) is 5.88 Å². The minimum Gasteiger partial charge on any atom is -0.475 e. The van der Waals surface area contributed by atoms with E-state index in [2.05, 4.69) is 26.5 Å². The maximum atomic E-state index is 14.8. The summed E-state index contributed by atoms with van der Waals surface area (Å²) in [4.78, 5) is 15.8. The van der Waals surface area contributed by atoms with Crippen LogP contribution >= 0.6 is 11.8 Å². The first-order chi connectivity index (χ1) is 16.2. The average molecular weight is 468 g/mol. The lowest BCUT2D eigenvalue weighted by Gasteiger charge is -2.34. The molecule has 0 radical (unpaired) electrons. The molecule has 1 N–H and O–H groups in total. The van der Waals surface area contributed by atoms with Gasteiger partial charge >= 0.3 is 0 Å². The van der Waals surface area contributed by atoms with Crippen LogP contribution in [0.3, 0.4) is 0 Å². The number of nitrogens with one attached hydrogen (secondary N) is 1. The van der Waals surface area contributed by atoms with E-state index in [1.165, 1.54) is 6.07 Å². The quantitative estimate of drug-likeness (QED) is 0.619. The monoisotopic (exact) mass is 467 g/mol. The van der Waals surface area contributed by atoms with Crippen LogP contribution in [0.15, 0.2) is 40.0 Å². The van der Waals surface area contributed by atoms with Crippen LogP contribution in [0.2, 0.25) is 0 Å². The van der Waals surface area contributed by atoms with E-state index in [0.717, 1.165) is 59.7 Å². The van der Waals surface area contributed by atoms with Gasteiger partial charge in [-0.25, -0.2) is 4.39 Å². The summed E-state index contributed by atoms with van der Waals surface area (Å²) in [5.41, 5.74) is 2.37. The van der Waals surface area contributed by atoms with Gasteiger partial charge in [0.2, 0.25) is 5.88 Å². The molecule has 3 aliphatic heterocycles. The third-order valence-electron chi connectivity index (χ3n) is 6.94. The zero-order valence-electron chi connectivity index (χ0n) is 18.3. The number of fused-ring (bicyclic) bond motifs is 1. The number of hydrogen-bond donors (Lipinski definition) is 1. The summed E-state index contributed by atoms with van der Waals surface area (Å²) in [7, 11) is 0. The van der Waals surface area contributed by atoms with Gasteiger partial charge in [0, 0.05) is 49.0 Å². The lowest BCUT2D eigenvalue weighted by Crippen LogP contribution is -2.43. The Kier molecular flexibility index (Phi) is 5.55. The van der Waals surface area contributed by atoms with Gasteiger partial charge in [0.15, 0.2) is 0 Å². The van der Waals surface area contributed by atoms with Gasteiger partial charge in [0.05, 0.1) is 22.7 Å². The SMILES string of the molecule is O=c1ccc2ccc(F)c3c2n1CC3CN1CCC(NCc2cc3c(nn2)OCCS3)CC1. The van der Waals surface area contributed by atoms with E-state index in [4.69, 9.17) is 4.74 Å². The van der Waals surface area contributed by atoms with Crippen molar-refractivity contribution in [3.8, 4) is 5.88 Å². The third kappa shape index (κ3) is 4.02. The summed E-state index contributed by atoms with van der Waals surface area (Å²) < 4.78 is 22.0. The van der Waals surface area contributed by atoms with Crippen LogP contribution in [0.25, 0.3) is 10.9 Å². The Balaban J connectivity index is 1.06. The molecule has 3 aromatic rings. The standard InChI is InChI=1S/C24H26FN5O2S/c25-19-3-1-15-2-4-21(31)30-14-16(22(19)23(15)30)13-29-7-5-17(6-8-29)26-12-18-11-20-24(28-27-18)32-9-10-33-20/h1-4,11,16-17,26H,5-10,12-14H2. The summed E-state index contributed by atoms with van der Waals surface area (Å²) in [5, 5.41) is 13.0. The number of aromatic nitrogens is 3. The molecular formula is C24H26FN5O2S. The van der Waals surface area contributed by atoms with Gasteiger partial charge in [-0.15, -0.1) is 16.9 Å². The van der Waals surface area contributed by atoms with E-state index >= 15 is 0 Å². The molecule has 1 atom stereocenters. The van der Waals surface area contributed by atoms with Crippen molar-refractivity contribution < 1.29 is 9.13 Å². The molecule has 7 nitrogen and oxygen atoms in total. The van der Waals surface area contributed by atoms with Crippen molar-refractivity contribution in [1.82, 2.24) is 25.0 Å². The highest BCUT2D eigenvalue weighted by molar-refractivity contribution is 7.99. The maximum Gasteiger partial charge on any atom is 0.251 e. The topological polar surface area (TPSA) is 72.3 Å². The second-order valence-electron chi connectivity index (χ2n) is 9.04. The molecule has 1 aromatic carbocycles. The number of benzene rings is 1. The minimum atomic E-state index is -0.198. The summed E-state index contributed by atoms with van der Waals surface area (Å²) in [6.07, 6.45) is 2.06. The number of pyridine rings is 1. The number of nitrogens with zero attached hydrogens (tertiary/aromatic N) is 4.